The van der Waals surface area contributed by atoms with E-state index in [2.05, 4.69) is 10.2 Å². The van der Waals surface area contributed by atoms with Gasteiger partial charge in [-0.3, -0.25) is 9.69 Å². The number of anilines is 1. The van der Waals surface area contributed by atoms with Crippen LogP contribution in [0.4, 0.5) is 5.69 Å². The van der Waals surface area contributed by atoms with Crippen LogP contribution in [0.15, 0.2) is 42.5 Å². The maximum atomic E-state index is 12.5. The summed E-state index contributed by atoms with van der Waals surface area (Å²) < 4.78 is 25.5. The van der Waals surface area contributed by atoms with Crippen molar-refractivity contribution in [1.29, 1.82) is 0 Å². The molecule has 0 unspecified atom stereocenters. The number of carbonyl (C=O) groups is 1. The van der Waals surface area contributed by atoms with E-state index in [1.165, 1.54) is 5.56 Å². The molecule has 3 rings (SSSR count). The van der Waals surface area contributed by atoms with Gasteiger partial charge in [0.2, 0.25) is 10.0 Å². The maximum absolute atomic E-state index is 12.5. The minimum absolute atomic E-state index is 0.127. The molecular weight excluding hydrogens is 386 g/mol. The lowest BCUT2D eigenvalue weighted by atomic mass is 10.1. The van der Waals surface area contributed by atoms with E-state index in [1.54, 1.807) is 11.2 Å². The first-order chi connectivity index (χ1) is 13.8. The van der Waals surface area contributed by atoms with Crippen molar-refractivity contribution in [2.24, 2.45) is 0 Å². The van der Waals surface area contributed by atoms with Crippen molar-refractivity contribution in [3.63, 3.8) is 0 Å². The lowest BCUT2D eigenvalue weighted by Crippen LogP contribution is -2.48. The van der Waals surface area contributed by atoms with Crippen LogP contribution < -0.4 is 5.32 Å². The third-order valence-electron chi connectivity index (χ3n) is 5.48. The van der Waals surface area contributed by atoms with E-state index in [4.69, 9.17) is 0 Å². The molecule has 0 aromatic heterocycles. The molecule has 0 bridgehead atoms. The Hall–Kier alpha value is -2.22. The zero-order valence-corrected chi connectivity index (χ0v) is 18.1. The molecule has 1 heterocycles. The predicted molar refractivity (Wildman–Crippen MR) is 117 cm³/mol. The van der Waals surface area contributed by atoms with Gasteiger partial charge in [-0.05, 0) is 61.7 Å². The Morgan fingerprint density at radius 1 is 0.966 bits per heavy atom. The number of aryl methyl sites for hydroxylation is 2. The fourth-order valence-electron chi connectivity index (χ4n) is 3.39. The number of nitrogens with zero attached hydrogens (tertiary/aromatic N) is 2. The normalized spacial score (nSPS) is 16.0. The minimum Gasteiger partial charge on any atom is -0.322 e. The smallest absolute Gasteiger partial charge is 0.255 e. The lowest BCUT2D eigenvalue weighted by Gasteiger charge is -2.33. The van der Waals surface area contributed by atoms with Crippen LogP contribution in [-0.4, -0.2) is 55.5 Å². The fraction of sp³-hybridized carbons (Fsp3) is 0.409. The SMILES string of the molecule is CCS(=O)(=O)N1CCN(Cc2ccc(C(=O)Nc3ccc(C)c(C)c3)cc2)CC1. The maximum Gasteiger partial charge on any atom is 0.255 e. The van der Waals surface area contributed by atoms with Gasteiger partial charge < -0.3 is 5.32 Å². The molecule has 1 aliphatic rings. The van der Waals surface area contributed by atoms with Crippen LogP contribution in [0.3, 0.4) is 0 Å². The summed E-state index contributed by atoms with van der Waals surface area (Å²) in [4.78, 5) is 14.7. The number of amides is 1. The summed E-state index contributed by atoms with van der Waals surface area (Å²) in [7, 11) is -3.10. The molecule has 7 heteroatoms. The van der Waals surface area contributed by atoms with Gasteiger partial charge >= 0.3 is 0 Å². The minimum atomic E-state index is -3.10. The Balaban J connectivity index is 1.55. The standard InChI is InChI=1S/C22H29N3O3S/c1-4-29(27,28)25-13-11-24(12-14-25)16-19-6-8-20(9-7-19)22(26)23-21-10-5-17(2)18(3)15-21/h5-10,15H,4,11-14,16H2,1-3H3,(H,23,26). The zero-order chi connectivity index (χ0) is 21.0. The van der Waals surface area contributed by atoms with E-state index in [0.29, 0.717) is 31.7 Å². The topological polar surface area (TPSA) is 69.7 Å². The highest BCUT2D eigenvalue weighted by Gasteiger charge is 2.25. The van der Waals surface area contributed by atoms with E-state index in [1.807, 2.05) is 56.3 Å². The van der Waals surface area contributed by atoms with E-state index in [0.717, 1.165) is 23.4 Å². The molecule has 0 spiro atoms. The van der Waals surface area contributed by atoms with Crippen molar-refractivity contribution in [3.05, 3.63) is 64.7 Å². The van der Waals surface area contributed by atoms with Crippen LogP contribution in [0.1, 0.15) is 34.0 Å². The van der Waals surface area contributed by atoms with Gasteiger partial charge in [0.1, 0.15) is 0 Å². The highest BCUT2D eigenvalue weighted by atomic mass is 32.2. The van der Waals surface area contributed by atoms with Gasteiger partial charge in [-0.2, -0.15) is 4.31 Å². The average molecular weight is 416 g/mol. The van der Waals surface area contributed by atoms with Gasteiger partial charge in [0, 0.05) is 44.0 Å². The Kier molecular flexibility index (Phi) is 6.72. The number of nitrogens with one attached hydrogen (secondary N) is 1. The van der Waals surface area contributed by atoms with Gasteiger partial charge in [0.05, 0.1) is 5.75 Å². The first-order valence-corrected chi connectivity index (χ1v) is 11.6. The molecule has 0 radical (unpaired) electrons. The zero-order valence-electron chi connectivity index (χ0n) is 17.3. The molecule has 1 amide bonds. The number of piperazine rings is 1. The van der Waals surface area contributed by atoms with Crippen LogP contribution in [0, 0.1) is 13.8 Å². The molecule has 1 fully saturated rings. The fourth-order valence-corrected chi connectivity index (χ4v) is 4.48. The van der Waals surface area contributed by atoms with Crippen LogP contribution in [0.2, 0.25) is 0 Å². The number of benzene rings is 2. The molecule has 1 aliphatic heterocycles. The monoisotopic (exact) mass is 415 g/mol. The summed E-state index contributed by atoms with van der Waals surface area (Å²) >= 11 is 0. The van der Waals surface area contributed by atoms with Crippen molar-refractivity contribution in [2.45, 2.75) is 27.3 Å². The van der Waals surface area contributed by atoms with Gasteiger partial charge in [0.15, 0.2) is 0 Å². The third-order valence-corrected chi connectivity index (χ3v) is 7.36. The number of sulfonamides is 1. The summed E-state index contributed by atoms with van der Waals surface area (Å²) in [6.45, 7) is 9.00. The average Bonchev–Trinajstić information content (AvgIpc) is 2.71. The lowest BCUT2D eigenvalue weighted by molar-refractivity contribution is 0.102. The van der Waals surface area contributed by atoms with Gasteiger partial charge in [-0.25, -0.2) is 8.42 Å². The second kappa shape index (κ2) is 9.07. The first kappa shape index (κ1) is 21.5. The van der Waals surface area contributed by atoms with Crippen molar-refractivity contribution < 1.29 is 13.2 Å². The number of rotatable bonds is 6. The van der Waals surface area contributed by atoms with Crippen molar-refractivity contribution in [3.8, 4) is 0 Å². The van der Waals surface area contributed by atoms with Gasteiger partial charge in [-0.15, -0.1) is 0 Å². The first-order valence-electron chi connectivity index (χ1n) is 9.96. The van der Waals surface area contributed by atoms with Crippen LogP contribution in [0.5, 0.6) is 0 Å². The summed E-state index contributed by atoms with van der Waals surface area (Å²) in [5, 5.41) is 2.94. The summed E-state index contributed by atoms with van der Waals surface area (Å²) in [5.41, 5.74) is 4.86. The second-order valence-corrected chi connectivity index (χ2v) is 9.78. The number of carbonyl (C=O) groups excluding carboxylic acids is 1. The molecule has 0 atom stereocenters. The second-order valence-electron chi connectivity index (χ2n) is 7.53. The molecule has 1 saturated heterocycles. The molecular formula is C22H29N3O3S. The number of hydrogen-bond acceptors (Lipinski definition) is 4. The van der Waals surface area contributed by atoms with E-state index >= 15 is 0 Å². The molecule has 2 aromatic rings. The summed E-state index contributed by atoms with van der Waals surface area (Å²) in [6.07, 6.45) is 0. The molecule has 156 valence electrons. The van der Waals surface area contributed by atoms with E-state index < -0.39 is 10.0 Å². The Bertz CT molecular complexity index is 963. The quantitative estimate of drug-likeness (QED) is 0.787. The highest BCUT2D eigenvalue weighted by Crippen LogP contribution is 2.16. The highest BCUT2D eigenvalue weighted by molar-refractivity contribution is 7.89. The van der Waals surface area contributed by atoms with Crippen LogP contribution >= 0.6 is 0 Å². The molecule has 0 saturated carbocycles. The van der Waals surface area contributed by atoms with Gasteiger partial charge in [-0.1, -0.05) is 18.2 Å². The molecule has 1 N–H and O–H groups in total. The summed E-state index contributed by atoms with van der Waals surface area (Å²) in [6, 6.07) is 13.5. The molecule has 0 aliphatic carbocycles. The Morgan fingerprint density at radius 2 is 1.62 bits per heavy atom. The van der Waals surface area contributed by atoms with Crippen molar-refractivity contribution in [1.82, 2.24) is 9.21 Å². The third kappa shape index (κ3) is 5.44. The van der Waals surface area contributed by atoms with E-state index in [9.17, 15) is 13.2 Å². The summed E-state index contributed by atoms with van der Waals surface area (Å²) in [5.74, 6) is 0.0248. The Morgan fingerprint density at radius 3 is 2.21 bits per heavy atom. The van der Waals surface area contributed by atoms with Crippen LogP contribution in [0.25, 0.3) is 0 Å². The van der Waals surface area contributed by atoms with Crippen LogP contribution in [-0.2, 0) is 16.6 Å². The predicted octanol–water partition coefficient (Wildman–Crippen LogP) is 3.02. The Labute approximate surface area is 173 Å². The van der Waals surface area contributed by atoms with Crippen molar-refractivity contribution >= 4 is 21.6 Å². The molecule has 6 nitrogen and oxygen atoms in total. The van der Waals surface area contributed by atoms with Crippen molar-refractivity contribution in [2.75, 3.05) is 37.2 Å². The largest absolute Gasteiger partial charge is 0.322 e. The molecule has 2 aromatic carbocycles. The molecule has 29 heavy (non-hydrogen) atoms. The van der Waals surface area contributed by atoms with E-state index in [-0.39, 0.29) is 11.7 Å². The number of hydrogen-bond donors (Lipinski definition) is 1. The van der Waals surface area contributed by atoms with Gasteiger partial charge in [0.25, 0.3) is 5.91 Å².